The maximum atomic E-state index is 13.0. The third-order valence-corrected chi connectivity index (χ3v) is 6.51. The Hall–Kier alpha value is -2.07. The molecule has 1 aromatic carbocycles. The summed E-state index contributed by atoms with van der Waals surface area (Å²) in [5.41, 5.74) is -2.63. The SMILES string of the molecule is O=c1[nH]c(=O)n(CC2CC2)c2ccc(S(=O)(=O)NC3(C(F)F)CC3)cc12. The van der Waals surface area contributed by atoms with E-state index in [2.05, 4.69) is 9.71 Å². The molecular formula is C16H17F2N3O4S. The average Bonchev–Trinajstić information content (AvgIpc) is 3.47. The molecule has 2 aliphatic carbocycles. The van der Waals surface area contributed by atoms with Gasteiger partial charge in [-0.3, -0.25) is 14.3 Å². The molecule has 0 radical (unpaired) electrons. The summed E-state index contributed by atoms with van der Waals surface area (Å²) < 4.78 is 54.5. The smallest absolute Gasteiger partial charge is 0.293 e. The molecule has 2 aliphatic rings. The highest BCUT2D eigenvalue weighted by Crippen LogP contribution is 2.42. The number of halogens is 2. The van der Waals surface area contributed by atoms with E-state index in [4.69, 9.17) is 0 Å². The molecule has 2 saturated carbocycles. The summed E-state index contributed by atoms with van der Waals surface area (Å²) in [7, 11) is -4.21. The van der Waals surface area contributed by atoms with Gasteiger partial charge in [0, 0.05) is 6.54 Å². The van der Waals surface area contributed by atoms with E-state index in [9.17, 15) is 26.8 Å². The topological polar surface area (TPSA) is 101 Å². The third-order valence-electron chi connectivity index (χ3n) is 4.96. The molecule has 2 aromatic rings. The quantitative estimate of drug-likeness (QED) is 0.780. The molecule has 10 heteroatoms. The van der Waals surface area contributed by atoms with Crippen LogP contribution in [-0.2, 0) is 16.6 Å². The van der Waals surface area contributed by atoms with Crippen LogP contribution in [0.1, 0.15) is 25.7 Å². The van der Waals surface area contributed by atoms with Crippen LogP contribution < -0.4 is 16.0 Å². The van der Waals surface area contributed by atoms with Gasteiger partial charge in [0.25, 0.3) is 12.0 Å². The molecule has 140 valence electrons. The van der Waals surface area contributed by atoms with Crippen molar-refractivity contribution in [2.45, 2.75) is 49.1 Å². The zero-order valence-electron chi connectivity index (χ0n) is 13.7. The molecule has 0 bridgehead atoms. The van der Waals surface area contributed by atoms with Gasteiger partial charge in [-0.05, 0) is 49.8 Å². The summed E-state index contributed by atoms with van der Waals surface area (Å²) in [6, 6.07) is 3.74. The lowest BCUT2D eigenvalue weighted by molar-refractivity contribution is 0.0970. The second kappa shape index (κ2) is 5.71. The Kier molecular flexibility index (Phi) is 3.81. The minimum atomic E-state index is -4.21. The molecule has 26 heavy (non-hydrogen) atoms. The summed E-state index contributed by atoms with van der Waals surface area (Å²) >= 11 is 0. The van der Waals surface area contributed by atoms with Crippen molar-refractivity contribution in [1.29, 1.82) is 0 Å². The van der Waals surface area contributed by atoms with Crippen LogP contribution in [0.15, 0.2) is 32.7 Å². The fourth-order valence-electron chi connectivity index (χ4n) is 3.01. The summed E-state index contributed by atoms with van der Waals surface area (Å²) in [6.07, 6.45) is -0.666. The van der Waals surface area contributed by atoms with Gasteiger partial charge >= 0.3 is 5.69 Å². The highest BCUT2D eigenvalue weighted by Gasteiger charge is 2.53. The predicted octanol–water partition coefficient (Wildman–Crippen LogP) is 1.18. The van der Waals surface area contributed by atoms with Gasteiger partial charge in [0.15, 0.2) is 0 Å². The van der Waals surface area contributed by atoms with E-state index in [1.807, 2.05) is 0 Å². The molecule has 0 atom stereocenters. The van der Waals surface area contributed by atoms with Crippen molar-refractivity contribution in [1.82, 2.24) is 14.3 Å². The monoisotopic (exact) mass is 385 g/mol. The van der Waals surface area contributed by atoms with Gasteiger partial charge in [-0.2, -0.15) is 4.72 Å². The summed E-state index contributed by atoms with van der Waals surface area (Å²) in [5, 5.41) is 0.0371. The van der Waals surface area contributed by atoms with Crippen LogP contribution in [-0.4, -0.2) is 29.9 Å². The molecular weight excluding hydrogens is 368 g/mol. The van der Waals surface area contributed by atoms with E-state index in [-0.39, 0.29) is 23.1 Å². The molecule has 7 nitrogen and oxygen atoms in total. The number of sulfonamides is 1. The van der Waals surface area contributed by atoms with E-state index in [1.54, 1.807) is 0 Å². The number of benzene rings is 1. The van der Waals surface area contributed by atoms with Crippen LogP contribution in [0.2, 0.25) is 0 Å². The number of H-pyrrole nitrogens is 1. The van der Waals surface area contributed by atoms with Crippen molar-refractivity contribution in [3.05, 3.63) is 39.0 Å². The summed E-state index contributed by atoms with van der Waals surface area (Å²) in [5.74, 6) is 0.368. The fraction of sp³-hybridized carbons (Fsp3) is 0.500. The maximum absolute atomic E-state index is 13.0. The number of fused-ring (bicyclic) bond motifs is 1. The lowest BCUT2D eigenvalue weighted by atomic mass is 10.2. The Morgan fingerprint density at radius 2 is 1.96 bits per heavy atom. The van der Waals surface area contributed by atoms with Crippen molar-refractivity contribution in [3.63, 3.8) is 0 Å². The number of hydrogen-bond donors (Lipinski definition) is 2. The first-order chi connectivity index (χ1) is 12.2. The van der Waals surface area contributed by atoms with Crippen molar-refractivity contribution < 1.29 is 17.2 Å². The summed E-state index contributed by atoms with van der Waals surface area (Å²) in [4.78, 5) is 26.1. The van der Waals surface area contributed by atoms with Crippen molar-refractivity contribution >= 4 is 20.9 Å². The Balaban J connectivity index is 1.78. The molecule has 0 unspecified atom stereocenters. The molecule has 0 saturated heterocycles. The van der Waals surface area contributed by atoms with Crippen molar-refractivity contribution in [2.75, 3.05) is 0 Å². The minimum Gasteiger partial charge on any atom is -0.293 e. The number of aromatic nitrogens is 2. The Morgan fingerprint density at radius 1 is 1.27 bits per heavy atom. The van der Waals surface area contributed by atoms with Gasteiger partial charge < -0.3 is 0 Å². The first-order valence-electron chi connectivity index (χ1n) is 8.31. The molecule has 2 fully saturated rings. The van der Waals surface area contributed by atoms with Crippen LogP contribution in [0.25, 0.3) is 10.9 Å². The Bertz CT molecular complexity index is 1100. The Labute approximate surface area is 147 Å². The number of aromatic amines is 1. The molecule has 1 heterocycles. The summed E-state index contributed by atoms with van der Waals surface area (Å²) in [6.45, 7) is 0.449. The van der Waals surface area contributed by atoms with Crippen LogP contribution in [0.3, 0.4) is 0 Å². The van der Waals surface area contributed by atoms with Gasteiger partial charge in [0.05, 0.1) is 21.3 Å². The highest BCUT2D eigenvalue weighted by atomic mass is 32.2. The number of nitrogens with zero attached hydrogens (tertiary/aromatic N) is 1. The van der Waals surface area contributed by atoms with Crippen molar-refractivity contribution in [3.8, 4) is 0 Å². The van der Waals surface area contributed by atoms with Gasteiger partial charge in [-0.15, -0.1) is 0 Å². The molecule has 2 N–H and O–H groups in total. The van der Waals surface area contributed by atoms with Gasteiger partial charge in [-0.25, -0.2) is 22.0 Å². The van der Waals surface area contributed by atoms with Crippen LogP contribution in [0, 0.1) is 5.92 Å². The highest BCUT2D eigenvalue weighted by molar-refractivity contribution is 7.89. The molecule has 1 aromatic heterocycles. The molecule has 0 spiro atoms. The third kappa shape index (κ3) is 2.96. The standard InChI is InChI=1S/C16H17F2N3O4S/c17-14(18)16(5-6-16)20-26(24,25)10-3-4-12-11(7-10)13(22)19-15(23)21(12)8-9-1-2-9/h3-4,7,9,14,20H,1-2,5-6,8H2,(H,19,22,23). The first-order valence-corrected chi connectivity index (χ1v) is 9.79. The Morgan fingerprint density at radius 3 is 2.54 bits per heavy atom. The fourth-order valence-corrected chi connectivity index (χ4v) is 4.47. The average molecular weight is 385 g/mol. The van der Waals surface area contributed by atoms with E-state index in [1.165, 1.54) is 16.7 Å². The van der Waals surface area contributed by atoms with Gasteiger partial charge in [0.1, 0.15) is 0 Å². The first kappa shape index (κ1) is 17.3. The normalized spacial score (nSPS) is 19.2. The number of rotatable bonds is 6. The predicted molar refractivity (Wildman–Crippen MR) is 89.8 cm³/mol. The van der Waals surface area contributed by atoms with Crippen molar-refractivity contribution in [2.24, 2.45) is 5.92 Å². The van der Waals surface area contributed by atoms with Crippen LogP contribution >= 0.6 is 0 Å². The second-order valence-electron chi connectivity index (χ2n) is 7.05. The van der Waals surface area contributed by atoms with Gasteiger partial charge in [-0.1, -0.05) is 0 Å². The number of alkyl halides is 2. The number of nitrogens with one attached hydrogen (secondary N) is 2. The van der Waals surface area contributed by atoms with E-state index in [0.29, 0.717) is 18.0 Å². The number of hydrogen-bond acceptors (Lipinski definition) is 4. The second-order valence-corrected chi connectivity index (χ2v) is 8.74. The zero-order chi connectivity index (χ0) is 18.7. The molecule has 0 amide bonds. The zero-order valence-corrected chi connectivity index (χ0v) is 14.5. The van der Waals surface area contributed by atoms with E-state index >= 15 is 0 Å². The molecule has 4 rings (SSSR count). The lowest BCUT2D eigenvalue weighted by Crippen LogP contribution is -2.42. The molecule has 0 aliphatic heterocycles. The van der Waals surface area contributed by atoms with Crippen LogP contribution in [0.4, 0.5) is 8.78 Å². The van der Waals surface area contributed by atoms with Crippen LogP contribution in [0.5, 0.6) is 0 Å². The van der Waals surface area contributed by atoms with Gasteiger partial charge in [0.2, 0.25) is 10.0 Å². The van der Waals surface area contributed by atoms with E-state index in [0.717, 1.165) is 18.9 Å². The maximum Gasteiger partial charge on any atom is 0.328 e. The largest absolute Gasteiger partial charge is 0.328 e. The minimum absolute atomic E-state index is 0.0371. The van der Waals surface area contributed by atoms with E-state index < -0.39 is 33.2 Å². The lowest BCUT2D eigenvalue weighted by Gasteiger charge is -2.17.